The molecule has 1 N–H and O–H groups in total. The third-order valence-corrected chi connectivity index (χ3v) is 3.11. The van der Waals surface area contributed by atoms with Crippen LogP contribution in [-0.4, -0.2) is 4.98 Å². The summed E-state index contributed by atoms with van der Waals surface area (Å²) in [5.74, 6) is 0.575. The Labute approximate surface area is 124 Å². The number of nitriles is 1. The number of aromatic nitrogens is 1. The van der Waals surface area contributed by atoms with Gasteiger partial charge in [-0.05, 0) is 29.2 Å². The summed E-state index contributed by atoms with van der Waals surface area (Å²) < 4.78 is 0. The molecule has 1 aromatic heterocycles. The van der Waals surface area contributed by atoms with E-state index in [2.05, 4.69) is 43.2 Å². The van der Waals surface area contributed by atoms with E-state index in [9.17, 15) is 0 Å². The number of para-hydroxylation sites is 1. The van der Waals surface area contributed by atoms with Crippen LogP contribution < -0.4 is 5.32 Å². The normalized spacial score (nSPS) is 10.9. The number of halogens is 1. The van der Waals surface area contributed by atoms with Crippen LogP contribution in [0.25, 0.3) is 0 Å². The maximum Gasteiger partial charge on any atom is 0.133 e. The third kappa shape index (κ3) is 3.28. The number of nitrogens with one attached hydrogen (secondary N) is 1. The molecule has 0 atom stereocenters. The van der Waals surface area contributed by atoms with Gasteiger partial charge in [0.25, 0.3) is 0 Å². The molecular formula is C16H16ClN3. The minimum atomic E-state index is 0.0141. The van der Waals surface area contributed by atoms with Gasteiger partial charge in [-0.3, -0.25) is 0 Å². The highest BCUT2D eigenvalue weighted by Crippen LogP contribution is 2.31. The second kappa shape index (κ2) is 5.52. The quantitative estimate of drug-likeness (QED) is 0.817. The predicted molar refractivity (Wildman–Crippen MR) is 82.4 cm³/mol. The van der Waals surface area contributed by atoms with Crippen LogP contribution in [0.15, 0.2) is 36.4 Å². The second-order valence-corrected chi connectivity index (χ2v) is 5.98. The summed E-state index contributed by atoms with van der Waals surface area (Å²) in [5.41, 5.74) is 2.65. The van der Waals surface area contributed by atoms with Gasteiger partial charge in [-0.2, -0.15) is 5.26 Å². The smallest absolute Gasteiger partial charge is 0.133 e. The van der Waals surface area contributed by atoms with E-state index in [1.54, 1.807) is 12.1 Å². The van der Waals surface area contributed by atoms with E-state index in [0.717, 1.165) is 5.69 Å². The van der Waals surface area contributed by atoms with Crippen molar-refractivity contribution in [3.8, 4) is 6.07 Å². The molecule has 0 fully saturated rings. The minimum absolute atomic E-state index is 0.0141. The molecule has 1 heterocycles. The number of benzene rings is 1. The molecule has 2 aromatic rings. The van der Waals surface area contributed by atoms with Gasteiger partial charge in [0.05, 0.1) is 11.6 Å². The van der Waals surface area contributed by atoms with Crippen LogP contribution in [0, 0.1) is 11.3 Å². The molecule has 0 aliphatic carbocycles. The van der Waals surface area contributed by atoms with Crippen molar-refractivity contribution < 1.29 is 0 Å². The summed E-state index contributed by atoms with van der Waals surface area (Å²) in [6.45, 7) is 6.46. The zero-order chi connectivity index (χ0) is 14.8. The van der Waals surface area contributed by atoms with Gasteiger partial charge in [-0.1, -0.05) is 50.6 Å². The van der Waals surface area contributed by atoms with Crippen molar-refractivity contribution >= 4 is 23.1 Å². The monoisotopic (exact) mass is 285 g/mol. The summed E-state index contributed by atoms with van der Waals surface area (Å²) in [7, 11) is 0. The van der Waals surface area contributed by atoms with Gasteiger partial charge in [0, 0.05) is 5.69 Å². The fourth-order valence-electron chi connectivity index (χ4n) is 2.01. The van der Waals surface area contributed by atoms with E-state index >= 15 is 0 Å². The predicted octanol–water partition coefficient (Wildman–Crippen LogP) is 4.65. The Balaban J connectivity index is 2.41. The molecule has 2 rings (SSSR count). The largest absolute Gasteiger partial charge is 0.340 e. The molecule has 1 aromatic carbocycles. The highest BCUT2D eigenvalue weighted by atomic mass is 35.5. The Kier molecular flexibility index (Phi) is 3.96. The van der Waals surface area contributed by atoms with Gasteiger partial charge in [0.2, 0.25) is 0 Å². The van der Waals surface area contributed by atoms with Crippen molar-refractivity contribution in [3.63, 3.8) is 0 Å². The minimum Gasteiger partial charge on any atom is -0.340 e. The molecule has 0 amide bonds. The van der Waals surface area contributed by atoms with Crippen molar-refractivity contribution in [1.29, 1.82) is 5.26 Å². The Morgan fingerprint density at radius 3 is 2.55 bits per heavy atom. The molecule has 0 bridgehead atoms. The van der Waals surface area contributed by atoms with Crippen LogP contribution in [0.1, 0.15) is 31.9 Å². The lowest BCUT2D eigenvalue weighted by Gasteiger charge is -2.23. The van der Waals surface area contributed by atoms with E-state index in [-0.39, 0.29) is 5.41 Å². The van der Waals surface area contributed by atoms with Crippen LogP contribution in [0.3, 0.4) is 0 Å². The maximum atomic E-state index is 8.97. The molecule has 20 heavy (non-hydrogen) atoms. The summed E-state index contributed by atoms with van der Waals surface area (Å²) in [6.07, 6.45) is 0. The van der Waals surface area contributed by atoms with Crippen LogP contribution in [0.5, 0.6) is 0 Å². The Bertz CT molecular complexity index is 666. The average molecular weight is 286 g/mol. The highest BCUT2D eigenvalue weighted by molar-refractivity contribution is 6.29. The first-order valence-electron chi connectivity index (χ1n) is 6.34. The number of hydrogen-bond donors (Lipinski definition) is 1. The molecule has 4 heteroatoms. The van der Waals surface area contributed by atoms with Gasteiger partial charge in [0.15, 0.2) is 0 Å². The maximum absolute atomic E-state index is 8.97. The first kappa shape index (κ1) is 14.4. The van der Waals surface area contributed by atoms with Gasteiger partial charge >= 0.3 is 0 Å². The molecular weight excluding hydrogens is 270 g/mol. The zero-order valence-electron chi connectivity index (χ0n) is 11.7. The van der Waals surface area contributed by atoms with E-state index < -0.39 is 0 Å². The Morgan fingerprint density at radius 2 is 1.90 bits per heavy atom. The molecule has 0 radical (unpaired) electrons. The van der Waals surface area contributed by atoms with E-state index in [4.69, 9.17) is 16.9 Å². The summed E-state index contributed by atoms with van der Waals surface area (Å²) in [6, 6.07) is 13.4. The van der Waals surface area contributed by atoms with E-state index in [0.29, 0.717) is 16.5 Å². The topological polar surface area (TPSA) is 48.7 Å². The lowest BCUT2D eigenvalue weighted by molar-refractivity contribution is 0.592. The molecule has 102 valence electrons. The lowest BCUT2D eigenvalue weighted by Crippen LogP contribution is -2.13. The first-order valence-corrected chi connectivity index (χ1v) is 6.72. The molecule has 3 nitrogen and oxygen atoms in total. The van der Waals surface area contributed by atoms with Crippen LogP contribution in [0.4, 0.5) is 11.5 Å². The lowest BCUT2D eigenvalue weighted by atomic mass is 9.86. The number of hydrogen-bond acceptors (Lipinski definition) is 3. The van der Waals surface area contributed by atoms with Gasteiger partial charge in [0.1, 0.15) is 11.0 Å². The molecule has 0 saturated heterocycles. The van der Waals surface area contributed by atoms with Crippen molar-refractivity contribution in [2.24, 2.45) is 0 Å². The van der Waals surface area contributed by atoms with Crippen molar-refractivity contribution in [3.05, 3.63) is 52.7 Å². The second-order valence-electron chi connectivity index (χ2n) is 5.60. The summed E-state index contributed by atoms with van der Waals surface area (Å²) >= 11 is 5.92. The molecule has 0 aliphatic heterocycles. The number of pyridine rings is 1. The van der Waals surface area contributed by atoms with E-state index in [1.165, 1.54) is 5.56 Å². The zero-order valence-corrected chi connectivity index (χ0v) is 12.5. The van der Waals surface area contributed by atoms with Gasteiger partial charge in [-0.15, -0.1) is 0 Å². The fourth-order valence-corrected chi connectivity index (χ4v) is 2.22. The van der Waals surface area contributed by atoms with Gasteiger partial charge < -0.3 is 5.32 Å². The first-order chi connectivity index (χ1) is 9.40. The van der Waals surface area contributed by atoms with Crippen LogP contribution in [-0.2, 0) is 5.41 Å². The molecule has 0 aliphatic rings. The van der Waals surface area contributed by atoms with Crippen LogP contribution >= 0.6 is 11.6 Å². The van der Waals surface area contributed by atoms with Gasteiger partial charge in [-0.25, -0.2) is 4.98 Å². The number of anilines is 2. The summed E-state index contributed by atoms with van der Waals surface area (Å²) in [5, 5.41) is 12.5. The fraction of sp³-hybridized carbons (Fsp3) is 0.250. The molecule has 0 spiro atoms. The van der Waals surface area contributed by atoms with Crippen molar-refractivity contribution in [2.75, 3.05) is 5.32 Å². The third-order valence-electron chi connectivity index (χ3n) is 2.92. The molecule has 0 unspecified atom stereocenters. The Hall–Kier alpha value is -2.05. The Morgan fingerprint density at radius 1 is 1.20 bits per heavy atom. The SMILES string of the molecule is CC(C)(C)c1ccccc1Nc1cc(C#N)cc(Cl)n1. The standard InChI is InChI=1S/C16H16ClN3/c1-16(2,3)12-6-4-5-7-13(12)19-15-9-11(10-18)8-14(17)20-15/h4-9H,1-3H3,(H,19,20). The summed E-state index contributed by atoms with van der Waals surface area (Å²) in [4.78, 5) is 4.20. The van der Waals surface area contributed by atoms with Crippen LogP contribution in [0.2, 0.25) is 5.15 Å². The number of rotatable bonds is 2. The van der Waals surface area contributed by atoms with E-state index in [1.807, 2.05) is 18.2 Å². The van der Waals surface area contributed by atoms with Crippen molar-refractivity contribution in [1.82, 2.24) is 4.98 Å². The number of nitrogens with zero attached hydrogens (tertiary/aromatic N) is 2. The van der Waals surface area contributed by atoms with Crippen molar-refractivity contribution in [2.45, 2.75) is 26.2 Å². The highest BCUT2D eigenvalue weighted by Gasteiger charge is 2.17. The average Bonchev–Trinajstić information content (AvgIpc) is 2.37. The molecule has 0 saturated carbocycles.